The second-order valence-corrected chi connectivity index (χ2v) is 4.07. The lowest BCUT2D eigenvalue weighted by atomic mass is 9.91. The van der Waals surface area contributed by atoms with Crippen LogP contribution in [-0.4, -0.2) is 36.7 Å². The summed E-state index contributed by atoms with van der Waals surface area (Å²) in [6.45, 7) is 1.62. The number of ketones is 2. The number of allylic oxidation sites excluding steroid dienone is 2. The Labute approximate surface area is 98.5 Å². The average molecular weight is 229 g/mol. The van der Waals surface area contributed by atoms with Crippen LogP contribution in [0.25, 0.3) is 0 Å². The van der Waals surface area contributed by atoms with Gasteiger partial charge >= 0.3 is 0 Å². The van der Waals surface area contributed by atoms with Crippen molar-refractivity contribution >= 4 is 11.6 Å². The van der Waals surface area contributed by atoms with Crippen LogP contribution in [0.15, 0.2) is 35.7 Å². The number of nitrogens with zero attached hydrogens (tertiary/aromatic N) is 1. The molecule has 0 N–H and O–H groups in total. The van der Waals surface area contributed by atoms with Crippen molar-refractivity contribution in [3.05, 3.63) is 46.8 Å². The number of methoxy groups -OCH3 is 1. The maximum absolute atomic E-state index is 12.3. The second-order valence-electron chi connectivity index (χ2n) is 4.07. The first-order valence-electron chi connectivity index (χ1n) is 5.45. The molecule has 0 atom stereocenters. The van der Waals surface area contributed by atoms with Gasteiger partial charge in [0.1, 0.15) is 5.70 Å². The number of carbonyl (C=O) groups is 2. The summed E-state index contributed by atoms with van der Waals surface area (Å²) in [5.74, 6) is -0.148. The Hall–Kier alpha value is -2.10. The first kappa shape index (κ1) is 10.1. The number of benzene rings is 1. The van der Waals surface area contributed by atoms with Gasteiger partial charge in [0, 0.05) is 24.2 Å². The molecular weight excluding hydrogens is 218 g/mol. The highest BCUT2D eigenvalue weighted by atomic mass is 16.5. The van der Waals surface area contributed by atoms with Gasteiger partial charge in [-0.2, -0.15) is 0 Å². The van der Waals surface area contributed by atoms with Gasteiger partial charge in [-0.15, -0.1) is 0 Å². The second kappa shape index (κ2) is 3.45. The lowest BCUT2D eigenvalue weighted by molar-refractivity contribution is 0.0890. The number of rotatable bonds is 2. The molecule has 0 aromatic heterocycles. The summed E-state index contributed by atoms with van der Waals surface area (Å²) in [6.07, 6.45) is 0. The smallest absolute Gasteiger partial charge is 0.230 e. The van der Waals surface area contributed by atoms with E-state index < -0.39 is 0 Å². The maximum Gasteiger partial charge on any atom is 0.230 e. The molecule has 0 unspecified atom stereocenters. The Morgan fingerprint density at radius 3 is 2.18 bits per heavy atom. The number of ether oxygens (including phenoxy) is 1. The number of hydrogen-bond donors (Lipinski definition) is 0. The number of fused-ring (bicyclic) bond motifs is 1. The topological polar surface area (TPSA) is 46.4 Å². The quantitative estimate of drug-likeness (QED) is 0.716. The molecule has 1 aromatic carbocycles. The molecule has 2 aliphatic rings. The highest BCUT2D eigenvalue weighted by molar-refractivity contribution is 6.26. The fraction of sp³-hybridized carbons (Fsp3) is 0.231. The Kier molecular flexibility index (Phi) is 2.04. The molecule has 0 radical (unpaired) electrons. The van der Waals surface area contributed by atoms with Gasteiger partial charge < -0.3 is 9.64 Å². The molecule has 1 fully saturated rings. The average Bonchev–Trinajstić information content (AvgIpc) is 3.17. The summed E-state index contributed by atoms with van der Waals surface area (Å²) in [5, 5.41) is 0. The zero-order valence-electron chi connectivity index (χ0n) is 9.40. The lowest BCUT2D eigenvalue weighted by Crippen LogP contribution is -2.26. The van der Waals surface area contributed by atoms with Crippen molar-refractivity contribution in [3.8, 4) is 0 Å². The molecule has 4 nitrogen and oxygen atoms in total. The van der Waals surface area contributed by atoms with Crippen molar-refractivity contribution in [1.29, 1.82) is 0 Å². The molecule has 1 heterocycles. The van der Waals surface area contributed by atoms with E-state index in [1.807, 2.05) is 4.90 Å². The van der Waals surface area contributed by atoms with Crippen LogP contribution in [-0.2, 0) is 4.74 Å². The van der Waals surface area contributed by atoms with Crippen molar-refractivity contribution in [2.45, 2.75) is 0 Å². The molecule has 1 saturated heterocycles. The molecule has 1 aliphatic carbocycles. The van der Waals surface area contributed by atoms with Gasteiger partial charge in [0.25, 0.3) is 0 Å². The number of carbonyl (C=O) groups excluding carboxylic acids is 2. The fourth-order valence-corrected chi connectivity index (χ4v) is 2.09. The Balaban J connectivity index is 2.21. The largest absolute Gasteiger partial charge is 0.491 e. The number of hydrogen-bond acceptors (Lipinski definition) is 4. The summed E-state index contributed by atoms with van der Waals surface area (Å²) >= 11 is 0. The third kappa shape index (κ3) is 1.37. The summed E-state index contributed by atoms with van der Waals surface area (Å²) in [5.41, 5.74) is 1.32. The van der Waals surface area contributed by atoms with Crippen LogP contribution in [0, 0.1) is 0 Å². The Morgan fingerprint density at radius 1 is 1.06 bits per heavy atom. The molecule has 86 valence electrons. The van der Waals surface area contributed by atoms with Crippen LogP contribution in [0.5, 0.6) is 0 Å². The van der Waals surface area contributed by atoms with Gasteiger partial charge in [-0.3, -0.25) is 9.59 Å². The first-order valence-corrected chi connectivity index (χ1v) is 5.45. The van der Waals surface area contributed by atoms with Gasteiger partial charge in [0.15, 0.2) is 5.76 Å². The van der Waals surface area contributed by atoms with E-state index in [-0.39, 0.29) is 17.3 Å². The van der Waals surface area contributed by atoms with Crippen LogP contribution in [0.1, 0.15) is 20.7 Å². The molecule has 3 rings (SSSR count). The summed E-state index contributed by atoms with van der Waals surface area (Å²) < 4.78 is 5.11. The standard InChI is InChI=1S/C13H11NO3/c1-17-13-10(14-6-7-14)11(15)8-4-2-3-5-9(8)12(13)16/h2-5H,6-7H2,1H3. The molecule has 0 amide bonds. The minimum Gasteiger partial charge on any atom is -0.491 e. The predicted molar refractivity (Wildman–Crippen MR) is 60.7 cm³/mol. The van der Waals surface area contributed by atoms with E-state index in [0.717, 1.165) is 13.1 Å². The maximum atomic E-state index is 12.3. The summed E-state index contributed by atoms with van der Waals surface area (Å²) in [4.78, 5) is 26.3. The van der Waals surface area contributed by atoms with E-state index in [1.54, 1.807) is 24.3 Å². The highest BCUT2D eigenvalue weighted by Gasteiger charge is 2.39. The fourth-order valence-electron chi connectivity index (χ4n) is 2.09. The summed E-state index contributed by atoms with van der Waals surface area (Å²) in [6, 6.07) is 6.86. The van der Waals surface area contributed by atoms with Crippen LogP contribution in [0.2, 0.25) is 0 Å². The minimum atomic E-state index is -0.204. The normalized spacial score (nSPS) is 18.3. The van der Waals surface area contributed by atoms with Crippen LogP contribution in [0.4, 0.5) is 0 Å². The number of Topliss-reactive ketones (excluding diaryl/α,β-unsaturated/α-hetero) is 2. The molecule has 1 aromatic rings. The highest BCUT2D eigenvalue weighted by Crippen LogP contribution is 2.31. The van der Waals surface area contributed by atoms with E-state index in [4.69, 9.17) is 4.74 Å². The molecule has 0 spiro atoms. The molecule has 0 saturated carbocycles. The lowest BCUT2D eigenvalue weighted by Gasteiger charge is -2.20. The van der Waals surface area contributed by atoms with Crippen molar-refractivity contribution in [3.63, 3.8) is 0 Å². The van der Waals surface area contributed by atoms with E-state index in [1.165, 1.54) is 7.11 Å². The zero-order chi connectivity index (χ0) is 12.0. The van der Waals surface area contributed by atoms with E-state index in [9.17, 15) is 9.59 Å². The van der Waals surface area contributed by atoms with Gasteiger partial charge in [-0.1, -0.05) is 24.3 Å². The predicted octanol–water partition coefficient (Wildman–Crippen LogP) is 1.24. The monoisotopic (exact) mass is 229 g/mol. The van der Waals surface area contributed by atoms with E-state index >= 15 is 0 Å². The SMILES string of the molecule is COC1=C(N2CC2)C(=O)c2ccccc2C1=O. The minimum absolute atomic E-state index is 0.116. The van der Waals surface area contributed by atoms with E-state index in [0.29, 0.717) is 16.8 Å². The first-order chi connectivity index (χ1) is 8.24. The van der Waals surface area contributed by atoms with Crippen LogP contribution >= 0.6 is 0 Å². The van der Waals surface area contributed by atoms with Crippen LogP contribution in [0.3, 0.4) is 0 Å². The molecule has 1 aliphatic heterocycles. The van der Waals surface area contributed by atoms with Gasteiger partial charge in [0.2, 0.25) is 11.6 Å². The molecule has 4 heteroatoms. The van der Waals surface area contributed by atoms with Gasteiger partial charge in [-0.25, -0.2) is 0 Å². The Morgan fingerprint density at radius 2 is 1.65 bits per heavy atom. The molecule has 17 heavy (non-hydrogen) atoms. The van der Waals surface area contributed by atoms with Crippen LogP contribution < -0.4 is 0 Å². The Bertz CT molecular complexity index is 556. The summed E-state index contributed by atoms with van der Waals surface area (Å²) in [7, 11) is 1.43. The van der Waals surface area contributed by atoms with Crippen molar-refractivity contribution < 1.29 is 14.3 Å². The molecular formula is C13H11NO3. The van der Waals surface area contributed by atoms with Crippen molar-refractivity contribution in [2.75, 3.05) is 20.2 Å². The van der Waals surface area contributed by atoms with Crippen molar-refractivity contribution in [2.24, 2.45) is 0 Å². The molecule has 0 bridgehead atoms. The van der Waals surface area contributed by atoms with Crippen molar-refractivity contribution in [1.82, 2.24) is 4.90 Å². The van der Waals surface area contributed by atoms with Gasteiger partial charge in [0.05, 0.1) is 7.11 Å². The third-order valence-electron chi connectivity index (χ3n) is 3.02. The third-order valence-corrected chi connectivity index (χ3v) is 3.02. The van der Waals surface area contributed by atoms with E-state index in [2.05, 4.69) is 0 Å². The zero-order valence-corrected chi connectivity index (χ0v) is 9.40. The van der Waals surface area contributed by atoms with Gasteiger partial charge in [-0.05, 0) is 0 Å².